The lowest BCUT2D eigenvalue weighted by Crippen LogP contribution is -2.19. The van der Waals surface area contributed by atoms with Crippen LogP contribution in [-0.4, -0.2) is 18.7 Å². The Morgan fingerprint density at radius 2 is 1.64 bits per heavy atom. The summed E-state index contributed by atoms with van der Waals surface area (Å²) in [5.74, 6) is 0. The van der Waals surface area contributed by atoms with Gasteiger partial charge >= 0.3 is 0 Å². The molecule has 4 heteroatoms. The Morgan fingerprint density at radius 1 is 1.14 bits per heavy atom. The van der Waals surface area contributed by atoms with Crippen LogP contribution < -0.4 is 0 Å². The van der Waals surface area contributed by atoms with Gasteiger partial charge in [0.05, 0.1) is 9.73 Å². The third kappa shape index (κ3) is 3.27. The van der Waals surface area contributed by atoms with E-state index in [1.54, 1.807) is 6.26 Å². The summed E-state index contributed by atoms with van der Waals surface area (Å²) in [6, 6.07) is 9.49. The van der Waals surface area contributed by atoms with Crippen LogP contribution in [0.4, 0.5) is 0 Å². The monoisotopic (exact) mass is 227 g/mol. The van der Waals surface area contributed by atoms with E-state index in [0.29, 0.717) is 0 Å². The zero-order valence-corrected chi connectivity index (χ0v) is 11.0. The Kier molecular flexibility index (Phi) is 3.16. The molecule has 0 fully saturated rings. The van der Waals surface area contributed by atoms with Crippen LogP contribution in [-0.2, 0) is 9.73 Å². The molecule has 1 rings (SSSR count). The molecule has 0 N–H and O–H groups in total. The molecule has 0 radical (unpaired) electrons. The number of benzene rings is 1. The highest BCUT2D eigenvalue weighted by Crippen LogP contribution is 2.15. The van der Waals surface area contributed by atoms with Crippen LogP contribution in [0.2, 0.25) is 19.6 Å². The van der Waals surface area contributed by atoms with Crippen molar-refractivity contribution in [2.45, 2.75) is 24.5 Å². The molecule has 0 saturated heterocycles. The third-order valence-electron chi connectivity index (χ3n) is 1.63. The fourth-order valence-electron chi connectivity index (χ4n) is 1.25. The Morgan fingerprint density at radius 3 is 2.07 bits per heavy atom. The van der Waals surface area contributed by atoms with Crippen LogP contribution in [0.15, 0.2) is 39.3 Å². The highest BCUT2D eigenvalue weighted by Gasteiger charge is 2.15. The van der Waals surface area contributed by atoms with E-state index < -0.39 is 18.0 Å². The van der Waals surface area contributed by atoms with E-state index in [1.165, 1.54) is 0 Å². The van der Waals surface area contributed by atoms with Crippen molar-refractivity contribution in [3.8, 4) is 0 Å². The Labute approximate surface area is 87.6 Å². The molecule has 0 aromatic heterocycles. The molecule has 0 unspecified atom stereocenters. The van der Waals surface area contributed by atoms with E-state index in [1.807, 2.05) is 30.3 Å². The van der Waals surface area contributed by atoms with Gasteiger partial charge in [-0.25, -0.2) is 4.21 Å². The average Bonchev–Trinajstić information content (AvgIpc) is 2.01. The van der Waals surface area contributed by atoms with E-state index in [0.717, 1.165) is 4.90 Å². The lowest BCUT2D eigenvalue weighted by atomic mass is 10.4. The summed E-state index contributed by atoms with van der Waals surface area (Å²) >= 11 is 0. The van der Waals surface area contributed by atoms with E-state index in [2.05, 4.69) is 23.7 Å². The molecule has 0 aliphatic heterocycles. The first-order valence-electron chi connectivity index (χ1n) is 4.60. The minimum atomic E-state index is -2.18. The third-order valence-corrected chi connectivity index (χ3v) is 6.36. The molecule has 0 amide bonds. The molecule has 0 saturated carbocycles. The van der Waals surface area contributed by atoms with Crippen molar-refractivity contribution >= 4 is 18.0 Å². The standard InChI is InChI=1S/C10H17NOSSi/c1-13(12,11-14(2,3)4)10-8-6-5-7-9-10/h5-9H,1-4H3/t13-/m1/s1. The van der Waals surface area contributed by atoms with Crippen LogP contribution >= 0.6 is 0 Å². The van der Waals surface area contributed by atoms with Gasteiger partial charge in [-0.2, -0.15) is 0 Å². The minimum absolute atomic E-state index is 0.836. The number of hydrogen-bond donors (Lipinski definition) is 0. The SMILES string of the molecule is C[Si](C)(C)N=[S@](C)(=O)c1ccccc1. The molecule has 0 spiro atoms. The lowest BCUT2D eigenvalue weighted by molar-refractivity contribution is 0.681. The molecule has 2 nitrogen and oxygen atoms in total. The largest absolute Gasteiger partial charge is 0.274 e. The van der Waals surface area contributed by atoms with Gasteiger partial charge in [0, 0.05) is 11.2 Å². The van der Waals surface area contributed by atoms with Gasteiger partial charge in [-0.1, -0.05) is 18.2 Å². The van der Waals surface area contributed by atoms with Gasteiger partial charge in [-0.05, 0) is 31.8 Å². The Hall–Kier alpha value is -0.613. The first-order chi connectivity index (χ1) is 6.31. The van der Waals surface area contributed by atoms with Gasteiger partial charge in [0.1, 0.15) is 0 Å². The molecular weight excluding hydrogens is 210 g/mol. The molecule has 1 aromatic rings. The van der Waals surface area contributed by atoms with Crippen molar-refractivity contribution in [3.05, 3.63) is 30.3 Å². The number of rotatable bonds is 2. The quantitative estimate of drug-likeness (QED) is 0.714. The van der Waals surface area contributed by atoms with Crippen molar-refractivity contribution in [3.63, 3.8) is 0 Å². The number of nitrogens with zero attached hydrogens (tertiary/aromatic N) is 1. The zero-order chi connectivity index (χ0) is 10.8. The highest BCUT2D eigenvalue weighted by atomic mass is 32.2. The first-order valence-corrected chi connectivity index (χ1v) is 9.97. The number of hydrogen-bond acceptors (Lipinski definition) is 2. The second-order valence-corrected chi connectivity index (χ2v) is 11.5. The minimum Gasteiger partial charge on any atom is -0.274 e. The second kappa shape index (κ2) is 3.86. The van der Waals surface area contributed by atoms with Gasteiger partial charge in [-0.3, -0.25) is 4.03 Å². The molecular formula is C10H17NOSSi. The molecule has 14 heavy (non-hydrogen) atoms. The normalized spacial score (nSPS) is 16.0. The zero-order valence-electron chi connectivity index (χ0n) is 9.15. The Balaban J connectivity index is 3.23. The fraction of sp³-hybridized carbons (Fsp3) is 0.400. The van der Waals surface area contributed by atoms with Crippen molar-refractivity contribution < 1.29 is 4.21 Å². The maximum atomic E-state index is 12.3. The summed E-state index contributed by atoms with van der Waals surface area (Å²) in [6.07, 6.45) is 1.72. The predicted molar refractivity (Wildman–Crippen MR) is 64.5 cm³/mol. The van der Waals surface area contributed by atoms with E-state index in [-0.39, 0.29) is 0 Å². The van der Waals surface area contributed by atoms with Gasteiger partial charge in [0.15, 0.2) is 8.24 Å². The fourth-order valence-corrected chi connectivity index (χ4v) is 6.51. The van der Waals surface area contributed by atoms with Crippen molar-refractivity contribution in [1.29, 1.82) is 0 Å². The van der Waals surface area contributed by atoms with E-state index >= 15 is 0 Å². The van der Waals surface area contributed by atoms with Gasteiger partial charge in [0.2, 0.25) is 0 Å². The topological polar surface area (TPSA) is 29.4 Å². The van der Waals surface area contributed by atoms with Gasteiger partial charge in [0.25, 0.3) is 0 Å². The summed E-state index contributed by atoms with van der Waals surface area (Å²) in [7, 11) is -3.81. The first kappa shape index (κ1) is 11.5. The van der Waals surface area contributed by atoms with Crippen LogP contribution in [0.25, 0.3) is 0 Å². The van der Waals surface area contributed by atoms with Gasteiger partial charge < -0.3 is 0 Å². The van der Waals surface area contributed by atoms with Crippen molar-refractivity contribution in [2.24, 2.45) is 4.03 Å². The summed E-state index contributed by atoms with van der Waals surface area (Å²) in [5.41, 5.74) is 0. The summed E-state index contributed by atoms with van der Waals surface area (Å²) < 4.78 is 16.7. The highest BCUT2D eigenvalue weighted by molar-refractivity contribution is 7.93. The molecule has 78 valence electrons. The van der Waals surface area contributed by atoms with Crippen LogP contribution in [0.3, 0.4) is 0 Å². The molecule has 1 aromatic carbocycles. The van der Waals surface area contributed by atoms with Crippen LogP contribution in [0, 0.1) is 0 Å². The molecule has 0 heterocycles. The van der Waals surface area contributed by atoms with Crippen molar-refractivity contribution in [1.82, 2.24) is 0 Å². The van der Waals surface area contributed by atoms with Crippen LogP contribution in [0.5, 0.6) is 0 Å². The summed E-state index contributed by atoms with van der Waals surface area (Å²) in [6.45, 7) is 6.29. The summed E-state index contributed by atoms with van der Waals surface area (Å²) in [4.78, 5) is 0.836. The predicted octanol–water partition coefficient (Wildman–Crippen LogP) is 2.98. The van der Waals surface area contributed by atoms with E-state index in [4.69, 9.17) is 0 Å². The molecule has 1 atom stereocenters. The van der Waals surface area contributed by atoms with Crippen LogP contribution in [0.1, 0.15) is 0 Å². The van der Waals surface area contributed by atoms with Gasteiger partial charge in [-0.15, -0.1) is 0 Å². The van der Waals surface area contributed by atoms with Crippen molar-refractivity contribution in [2.75, 3.05) is 6.26 Å². The lowest BCUT2D eigenvalue weighted by Gasteiger charge is -2.12. The maximum absolute atomic E-state index is 12.3. The average molecular weight is 227 g/mol. The second-order valence-electron chi connectivity index (χ2n) is 4.38. The molecule has 0 aliphatic rings. The summed E-state index contributed by atoms with van der Waals surface area (Å²) in [5, 5.41) is 0. The smallest absolute Gasteiger partial charge is 0.185 e. The Bertz CT molecular complexity index is 413. The molecule has 0 aliphatic carbocycles. The van der Waals surface area contributed by atoms with E-state index in [9.17, 15) is 4.21 Å². The maximum Gasteiger partial charge on any atom is 0.185 e. The molecule has 0 bridgehead atoms.